The fraction of sp³-hybridized carbons (Fsp3) is 0.714. The summed E-state index contributed by atoms with van der Waals surface area (Å²) in [4.78, 5) is 21.4. The molecule has 0 atom stereocenters. The summed E-state index contributed by atoms with van der Waals surface area (Å²) in [5.41, 5.74) is -0.0473. The fourth-order valence-corrected chi connectivity index (χ4v) is 2.48. The molecule has 2 saturated carbocycles. The Kier molecular flexibility index (Phi) is 3.55. The van der Waals surface area contributed by atoms with Gasteiger partial charge in [0.1, 0.15) is 11.6 Å². The molecule has 0 spiro atoms. The number of aromatic nitrogens is 2. The zero-order valence-corrected chi connectivity index (χ0v) is 11.5. The molecule has 0 unspecified atom stereocenters. The van der Waals surface area contributed by atoms with Gasteiger partial charge in [0.2, 0.25) is 0 Å². The van der Waals surface area contributed by atoms with Gasteiger partial charge in [0, 0.05) is 31.1 Å². The van der Waals surface area contributed by atoms with Crippen LogP contribution in [0.1, 0.15) is 44.3 Å². The standard InChI is InChI=1S/C14H22N4O/c1-2-18(11-5-6-11)8-7-15-12-9-13(19)17-14(16-12)10-3-4-10/h9-11H,2-8H2,1H3,(H2,15,16,17,19). The molecular weight excluding hydrogens is 240 g/mol. The second kappa shape index (κ2) is 5.33. The van der Waals surface area contributed by atoms with Crippen LogP contribution in [0.5, 0.6) is 0 Å². The van der Waals surface area contributed by atoms with Gasteiger partial charge in [-0.3, -0.25) is 9.69 Å². The monoisotopic (exact) mass is 262 g/mol. The van der Waals surface area contributed by atoms with Crippen molar-refractivity contribution in [2.24, 2.45) is 0 Å². The van der Waals surface area contributed by atoms with Gasteiger partial charge in [0.05, 0.1) is 0 Å². The van der Waals surface area contributed by atoms with Gasteiger partial charge in [0.15, 0.2) is 0 Å². The Morgan fingerprint density at radius 1 is 1.42 bits per heavy atom. The highest BCUT2D eigenvalue weighted by Gasteiger charge is 2.27. The van der Waals surface area contributed by atoms with Crippen molar-refractivity contribution in [3.05, 3.63) is 22.2 Å². The van der Waals surface area contributed by atoms with E-state index in [1.165, 1.54) is 12.8 Å². The second-order valence-electron chi connectivity index (χ2n) is 5.58. The third-order valence-electron chi connectivity index (χ3n) is 3.90. The molecule has 5 heteroatoms. The van der Waals surface area contributed by atoms with Crippen LogP contribution in [-0.2, 0) is 0 Å². The van der Waals surface area contributed by atoms with Gasteiger partial charge in [-0.2, -0.15) is 0 Å². The summed E-state index contributed by atoms with van der Waals surface area (Å²) >= 11 is 0. The van der Waals surface area contributed by atoms with Crippen molar-refractivity contribution in [2.45, 2.75) is 44.6 Å². The van der Waals surface area contributed by atoms with E-state index in [1.807, 2.05) is 0 Å². The largest absolute Gasteiger partial charge is 0.369 e. The molecule has 2 fully saturated rings. The van der Waals surface area contributed by atoms with E-state index in [9.17, 15) is 4.79 Å². The maximum absolute atomic E-state index is 11.6. The van der Waals surface area contributed by atoms with Crippen molar-refractivity contribution in [2.75, 3.05) is 25.0 Å². The van der Waals surface area contributed by atoms with Crippen molar-refractivity contribution in [3.63, 3.8) is 0 Å². The summed E-state index contributed by atoms with van der Waals surface area (Å²) in [5.74, 6) is 2.05. The summed E-state index contributed by atoms with van der Waals surface area (Å²) < 4.78 is 0. The number of rotatable bonds is 7. The normalized spacial score (nSPS) is 18.8. The van der Waals surface area contributed by atoms with Crippen LogP contribution >= 0.6 is 0 Å². The predicted molar refractivity (Wildman–Crippen MR) is 75.6 cm³/mol. The summed E-state index contributed by atoms with van der Waals surface area (Å²) in [6.45, 7) is 5.18. The first-order valence-electron chi connectivity index (χ1n) is 7.35. The van der Waals surface area contributed by atoms with Crippen molar-refractivity contribution in [3.8, 4) is 0 Å². The van der Waals surface area contributed by atoms with Gasteiger partial charge in [-0.25, -0.2) is 4.98 Å². The molecule has 3 rings (SSSR count). The quantitative estimate of drug-likeness (QED) is 0.782. The lowest BCUT2D eigenvalue weighted by atomic mass is 10.4. The van der Waals surface area contributed by atoms with Crippen molar-refractivity contribution in [1.29, 1.82) is 0 Å². The van der Waals surface area contributed by atoms with E-state index in [0.29, 0.717) is 5.92 Å². The first-order chi connectivity index (χ1) is 9.26. The summed E-state index contributed by atoms with van der Waals surface area (Å²) in [6, 6.07) is 2.35. The van der Waals surface area contributed by atoms with Gasteiger partial charge < -0.3 is 10.3 Å². The molecule has 2 aliphatic rings. The van der Waals surface area contributed by atoms with Gasteiger partial charge in [-0.05, 0) is 32.2 Å². The van der Waals surface area contributed by atoms with Crippen molar-refractivity contribution in [1.82, 2.24) is 14.9 Å². The Balaban J connectivity index is 1.55. The highest BCUT2D eigenvalue weighted by atomic mass is 16.1. The summed E-state index contributed by atoms with van der Waals surface area (Å²) in [5, 5.41) is 3.28. The molecule has 104 valence electrons. The average Bonchev–Trinajstić information content (AvgIpc) is 3.28. The third kappa shape index (κ3) is 3.35. The molecule has 1 aromatic rings. The average molecular weight is 262 g/mol. The smallest absolute Gasteiger partial charge is 0.252 e. The van der Waals surface area contributed by atoms with E-state index in [0.717, 1.165) is 50.2 Å². The van der Waals surface area contributed by atoms with Crippen LogP contribution < -0.4 is 10.9 Å². The molecule has 0 saturated heterocycles. The van der Waals surface area contributed by atoms with Crippen molar-refractivity contribution < 1.29 is 0 Å². The molecule has 0 amide bonds. The van der Waals surface area contributed by atoms with Crippen LogP contribution in [0.25, 0.3) is 0 Å². The molecular formula is C14H22N4O. The maximum atomic E-state index is 11.6. The van der Waals surface area contributed by atoms with Crippen LogP contribution in [0, 0.1) is 0 Å². The second-order valence-corrected chi connectivity index (χ2v) is 5.58. The Labute approximate surface area is 113 Å². The minimum atomic E-state index is -0.0473. The van der Waals surface area contributed by atoms with Gasteiger partial charge in [-0.15, -0.1) is 0 Å². The van der Waals surface area contributed by atoms with Gasteiger partial charge in [0.25, 0.3) is 5.56 Å². The maximum Gasteiger partial charge on any atom is 0.252 e. The number of hydrogen-bond acceptors (Lipinski definition) is 4. The Hall–Kier alpha value is -1.36. The van der Waals surface area contributed by atoms with Crippen LogP contribution in [0.15, 0.2) is 10.9 Å². The lowest BCUT2D eigenvalue weighted by Gasteiger charge is -2.19. The highest BCUT2D eigenvalue weighted by Crippen LogP contribution is 2.37. The van der Waals surface area contributed by atoms with E-state index >= 15 is 0 Å². The molecule has 2 N–H and O–H groups in total. The molecule has 1 heterocycles. The Morgan fingerprint density at radius 2 is 2.21 bits per heavy atom. The van der Waals surface area contributed by atoms with Crippen molar-refractivity contribution >= 4 is 5.82 Å². The number of H-pyrrole nitrogens is 1. The Bertz CT molecular complexity index is 490. The lowest BCUT2D eigenvalue weighted by Crippen LogP contribution is -2.31. The minimum absolute atomic E-state index is 0.0473. The lowest BCUT2D eigenvalue weighted by molar-refractivity contribution is 0.289. The molecule has 19 heavy (non-hydrogen) atoms. The van der Waals surface area contributed by atoms with Crippen LogP contribution in [0.3, 0.4) is 0 Å². The number of nitrogens with one attached hydrogen (secondary N) is 2. The molecule has 0 bridgehead atoms. The van der Waals surface area contributed by atoms with Crippen LogP contribution in [-0.4, -0.2) is 40.5 Å². The SMILES string of the molecule is CCN(CCNc1cc(=O)[nH]c(C2CC2)n1)C1CC1. The predicted octanol–water partition coefficient (Wildman–Crippen LogP) is 1.54. The number of anilines is 1. The zero-order valence-electron chi connectivity index (χ0n) is 11.5. The number of aromatic amines is 1. The summed E-state index contributed by atoms with van der Waals surface area (Å²) in [6.07, 6.45) is 4.97. The molecule has 0 aliphatic heterocycles. The number of hydrogen-bond donors (Lipinski definition) is 2. The number of nitrogens with zero attached hydrogens (tertiary/aromatic N) is 2. The van der Waals surface area contributed by atoms with E-state index in [1.54, 1.807) is 6.07 Å². The van der Waals surface area contributed by atoms with Gasteiger partial charge in [-0.1, -0.05) is 6.92 Å². The minimum Gasteiger partial charge on any atom is -0.369 e. The highest BCUT2D eigenvalue weighted by molar-refractivity contribution is 5.33. The van der Waals surface area contributed by atoms with E-state index in [2.05, 4.69) is 27.1 Å². The summed E-state index contributed by atoms with van der Waals surface area (Å²) in [7, 11) is 0. The number of likely N-dealkylation sites (N-methyl/N-ethyl adjacent to an activating group) is 1. The molecule has 1 aromatic heterocycles. The topological polar surface area (TPSA) is 61.0 Å². The molecule has 0 aromatic carbocycles. The van der Waals surface area contributed by atoms with E-state index in [4.69, 9.17) is 0 Å². The molecule has 5 nitrogen and oxygen atoms in total. The fourth-order valence-electron chi connectivity index (χ4n) is 2.48. The Morgan fingerprint density at radius 3 is 2.84 bits per heavy atom. The first-order valence-corrected chi connectivity index (χ1v) is 7.35. The van der Waals surface area contributed by atoms with E-state index < -0.39 is 0 Å². The van der Waals surface area contributed by atoms with E-state index in [-0.39, 0.29) is 5.56 Å². The zero-order chi connectivity index (χ0) is 13.2. The molecule has 2 aliphatic carbocycles. The molecule has 0 radical (unpaired) electrons. The van der Waals surface area contributed by atoms with Crippen LogP contribution in [0.4, 0.5) is 5.82 Å². The third-order valence-corrected chi connectivity index (χ3v) is 3.90. The van der Waals surface area contributed by atoms with Crippen LogP contribution in [0.2, 0.25) is 0 Å². The first kappa shape index (κ1) is 12.7. The van der Waals surface area contributed by atoms with Gasteiger partial charge >= 0.3 is 0 Å².